The Balaban J connectivity index is 2.27. The van der Waals surface area contributed by atoms with Gasteiger partial charge in [-0.15, -0.1) is 0 Å². The quantitative estimate of drug-likeness (QED) is 0.690. The van der Waals surface area contributed by atoms with Gasteiger partial charge < -0.3 is 20.5 Å². The predicted molar refractivity (Wildman–Crippen MR) is 75.2 cm³/mol. The minimum atomic E-state index is -0.986. The molecule has 0 saturated carbocycles. The Morgan fingerprint density at radius 3 is 2.45 bits per heavy atom. The highest BCUT2D eigenvalue weighted by Gasteiger charge is 2.43. The molecule has 0 spiro atoms. The molecule has 6 heteroatoms. The van der Waals surface area contributed by atoms with Gasteiger partial charge in [-0.1, -0.05) is 13.3 Å². The molecular formula is C14H26N2O4. The summed E-state index contributed by atoms with van der Waals surface area (Å²) < 4.78 is 5.29. The highest BCUT2D eigenvalue weighted by atomic mass is 16.5. The van der Waals surface area contributed by atoms with E-state index in [1.165, 1.54) is 0 Å². The second-order valence-electron chi connectivity index (χ2n) is 6.14. The van der Waals surface area contributed by atoms with Crippen molar-refractivity contribution in [3.63, 3.8) is 0 Å². The van der Waals surface area contributed by atoms with Crippen LogP contribution in [0.25, 0.3) is 0 Å². The number of carboxylic acid groups (broad SMARTS) is 1. The van der Waals surface area contributed by atoms with Crippen molar-refractivity contribution in [1.82, 2.24) is 4.90 Å². The molecule has 1 amide bonds. The lowest BCUT2D eigenvalue weighted by molar-refractivity contribution is -0.175. The third-order valence-corrected chi connectivity index (χ3v) is 3.62. The second-order valence-corrected chi connectivity index (χ2v) is 6.14. The van der Waals surface area contributed by atoms with E-state index in [4.69, 9.17) is 15.6 Å². The fourth-order valence-electron chi connectivity index (χ4n) is 2.43. The first-order valence-corrected chi connectivity index (χ1v) is 7.13. The van der Waals surface area contributed by atoms with Crippen LogP contribution in [-0.2, 0) is 14.3 Å². The lowest BCUT2D eigenvalue weighted by Crippen LogP contribution is -2.64. The zero-order valence-electron chi connectivity index (χ0n) is 12.6. The molecule has 0 aliphatic carbocycles. The van der Waals surface area contributed by atoms with Gasteiger partial charge in [-0.25, -0.2) is 4.79 Å². The minimum Gasteiger partial charge on any atom is -0.480 e. The Morgan fingerprint density at radius 1 is 1.35 bits per heavy atom. The monoisotopic (exact) mass is 286 g/mol. The Morgan fingerprint density at radius 2 is 1.95 bits per heavy atom. The number of rotatable bonds is 8. The summed E-state index contributed by atoms with van der Waals surface area (Å²) in [6.07, 6.45) is 2.71. The summed E-state index contributed by atoms with van der Waals surface area (Å²) in [6.45, 7) is 6.35. The van der Waals surface area contributed by atoms with Crippen LogP contribution < -0.4 is 5.73 Å². The molecule has 116 valence electrons. The van der Waals surface area contributed by atoms with Gasteiger partial charge in [0, 0.05) is 12.0 Å². The zero-order chi connectivity index (χ0) is 15.3. The van der Waals surface area contributed by atoms with E-state index in [1.807, 2.05) is 20.8 Å². The maximum atomic E-state index is 12.1. The van der Waals surface area contributed by atoms with Crippen LogP contribution in [0.5, 0.6) is 0 Å². The van der Waals surface area contributed by atoms with Gasteiger partial charge in [-0.05, 0) is 26.7 Å². The lowest BCUT2D eigenvalue weighted by atomic mass is 9.92. The minimum absolute atomic E-state index is 0.0160. The average molecular weight is 286 g/mol. The first kappa shape index (κ1) is 16.9. The maximum absolute atomic E-state index is 12.1. The summed E-state index contributed by atoms with van der Waals surface area (Å²) >= 11 is 0. The molecule has 6 nitrogen and oxygen atoms in total. The Labute approximate surface area is 120 Å². The lowest BCUT2D eigenvalue weighted by Gasteiger charge is -2.48. The summed E-state index contributed by atoms with van der Waals surface area (Å²) in [7, 11) is 0. The fraction of sp³-hybridized carbons (Fsp3) is 0.857. The number of amides is 1. The normalized spacial score (nSPS) is 20.1. The molecule has 2 atom stereocenters. The van der Waals surface area contributed by atoms with Gasteiger partial charge >= 0.3 is 5.97 Å². The molecule has 0 radical (unpaired) electrons. The summed E-state index contributed by atoms with van der Waals surface area (Å²) in [5.74, 6) is -0.885. The molecule has 20 heavy (non-hydrogen) atoms. The SMILES string of the molecule is CC(N)CCCC(C)C(=O)N1CC(C)(OCC(=O)O)C1. The van der Waals surface area contributed by atoms with Crippen LogP contribution in [0.4, 0.5) is 0 Å². The first-order valence-electron chi connectivity index (χ1n) is 7.13. The van der Waals surface area contributed by atoms with Crippen LogP contribution in [0.15, 0.2) is 0 Å². The summed E-state index contributed by atoms with van der Waals surface area (Å²) in [4.78, 5) is 24.4. The van der Waals surface area contributed by atoms with Gasteiger partial charge in [0.25, 0.3) is 0 Å². The summed E-state index contributed by atoms with van der Waals surface area (Å²) in [5, 5.41) is 8.59. The molecule has 1 rings (SSSR count). The highest BCUT2D eigenvalue weighted by Crippen LogP contribution is 2.27. The van der Waals surface area contributed by atoms with Gasteiger partial charge in [0.1, 0.15) is 12.2 Å². The number of hydrogen-bond acceptors (Lipinski definition) is 4. The maximum Gasteiger partial charge on any atom is 0.329 e. The Kier molecular flexibility index (Phi) is 5.95. The highest BCUT2D eigenvalue weighted by molar-refractivity contribution is 5.79. The van der Waals surface area contributed by atoms with E-state index in [0.717, 1.165) is 19.3 Å². The number of aliphatic carboxylic acids is 1. The fourth-order valence-corrected chi connectivity index (χ4v) is 2.43. The number of hydrogen-bond donors (Lipinski definition) is 2. The van der Waals surface area contributed by atoms with Gasteiger partial charge in [0.2, 0.25) is 5.91 Å². The number of nitrogens with two attached hydrogens (primary N) is 1. The topological polar surface area (TPSA) is 92.9 Å². The summed E-state index contributed by atoms with van der Waals surface area (Å²) in [6, 6.07) is 0.175. The molecule has 3 N–H and O–H groups in total. The van der Waals surface area contributed by atoms with Crippen LogP contribution >= 0.6 is 0 Å². The van der Waals surface area contributed by atoms with E-state index in [0.29, 0.717) is 13.1 Å². The number of likely N-dealkylation sites (tertiary alicyclic amines) is 1. The third kappa shape index (κ3) is 5.09. The smallest absolute Gasteiger partial charge is 0.329 e. The van der Waals surface area contributed by atoms with Crippen molar-refractivity contribution in [2.45, 2.75) is 51.7 Å². The second kappa shape index (κ2) is 7.04. The molecule has 1 heterocycles. The predicted octanol–water partition coefficient (Wildman–Crippen LogP) is 0.842. The first-order chi connectivity index (χ1) is 9.23. The van der Waals surface area contributed by atoms with Crippen LogP contribution in [0.1, 0.15) is 40.0 Å². The van der Waals surface area contributed by atoms with E-state index >= 15 is 0 Å². The van der Waals surface area contributed by atoms with Crippen LogP contribution in [0.2, 0.25) is 0 Å². The number of carbonyl (C=O) groups excluding carboxylic acids is 1. The van der Waals surface area contributed by atoms with Crippen molar-refractivity contribution in [2.75, 3.05) is 19.7 Å². The van der Waals surface area contributed by atoms with Crippen LogP contribution in [-0.4, -0.2) is 53.2 Å². The van der Waals surface area contributed by atoms with Gasteiger partial charge in [0.15, 0.2) is 0 Å². The molecule has 2 unspecified atom stereocenters. The summed E-state index contributed by atoms with van der Waals surface area (Å²) in [5.41, 5.74) is 5.17. The van der Waals surface area contributed by atoms with E-state index in [-0.39, 0.29) is 24.5 Å². The standard InChI is InChI=1S/C14H26N2O4/c1-10(5-4-6-11(2)15)13(19)16-8-14(3,9-16)20-7-12(17)18/h10-11H,4-9,15H2,1-3H3,(H,17,18). The van der Waals surface area contributed by atoms with E-state index < -0.39 is 11.6 Å². The van der Waals surface area contributed by atoms with E-state index in [9.17, 15) is 9.59 Å². The average Bonchev–Trinajstić information content (AvgIpc) is 2.31. The van der Waals surface area contributed by atoms with Crippen molar-refractivity contribution < 1.29 is 19.4 Å². The molecule has 1 aliphatic heterocycles. The van der Waals surface area contributed by atoms with Gasteiger partial charge in [0.05, 0.1) is 13.1 Å². The Bertz CT molecular complexity index is 351. The molecule has 0 aromatic rings. The van der Waals surface area contributed by atoms with E-state index in [2.05, 4.69) is 0 Å². The largest absolute Gasteiger partial charge is 0.480 e. The molecule has 0 bridgehead atoms. The molecular weight excluding hydrogens is 260 g/mol. The number of ether oxygens (including phenoxy) is 1. The van der Waals surface area contributed by atoms with Crippen molar-refractivity contribution in [3.8, 4) is 0 Å². The number of nitrogens with zero attached hydrogens (tertiary/aromatic N) is 1. The molecule has 1 fully saturated rings. The number of carboxylic acids is 1. The van der Waals surface area contributed by atoms with Gasteiger partial charge in [-0.2, -0.15) is 0 Å². The van der Waals surface area contributed by atoms with Crippen molar-refractivity contribution in [3.05, 3.63) is 0 Å². The van der Waals surface area contributed by atoms with Crippen molar-refractivity contribution in [1.29, 1.82) is 0 Å². The third-order valence-electron chi connectivity index (χ3n) is 3.62. The Hall–Kier alpha value is -1.14. The van der Waals surface area contributed by atoms with Gasteiger partial charge in [-0.3, -0.25) is 4.79 Å². The molecule has 0 aromatic carbocycles. The molecule has 1 saturated heterocycles. The van der Waals surface area contributed by atoms with E-state index in [1.54, 1.807) is 4.90 Å². The van der Waals surface area contributed by atoms with Crippen molar-refractivity contribution >= 4 is 11.9 Å². The number of carbonyl (C=O) groups is 2. The van der Waals surface area contributed by atoms with Crippen molar-refractivity contribution in [2.24, 2.45) is 11.7 Å². The zero-order valence-corrected chi connectivity index (χ0v) is 12.6. The molecule has 0 aromatic heterocycles. The van der Waals surface area contributed by atoms with Crippen LogP contribution in [0.3, 0.4) is 0 Å². The molecule has 1 aliphatic rings. The van der Waals surface area contributed by atoms with Crippen LogP contribution in [0, 0.1) is 5.92 Å².